The van der Waals surface area contributed by atoms with Crippen LogP contribution in [0.15, 0.2) is 0 Å². The Morgan fingerprint density at radius 3 is 2.74 bits per heavy atom. The Balaban J connectivity index is 1.80. The molecule has 0 radical (unpaired) electrons. The van der Waals surface area contributed by atoms with Gasteiger partial charge in [-0.2, -0.15) is 0 Å². The van der Waals surface area contributed by atoms with Crippen LogP contribution in [0.25, 0.3) is 0 Å². The maximum Gasteiger partial charge on any atom is 0.241 e. The molecule has 4 heteroatoms. The second kappa shape index (κ2) is 5.06. The predicted molar refractivity (Wildman–Crippen MR) is 75.7 cm³/mol. The van der Waals surface area contributed by atoms with Crippen LogP contribution >= 0.6 is 0 Å². The van der Waals surface area contributed by atoms with Gasteiger partial charge < -0.3 is 4.90 Å². The van der Waals surface area contributed by atoms with E-state index in [0.29, 0.717) is 23.9 Å². The molecule has 0 aromatic carbocycles. The summed E-state index contributed by atoms with van der Waals surface area (Å²) in [4.78, 5) is 17.5. The number of nitrogens with zero attached hydrogens (tertiary/aromatic N) is 2. The minimum absolute atomic E-state index is 0.0282. The third kappa shape index (κ3) is 2.09. The summed E-state index contributed by atoms with van der Waals surface area (Å²) in [5, 5.41) is 3.55. The first-order valence-electron chi connectivity index (χ1n) is 7.95. The van der Waals surface area contributed by atoms with Gasteiger partial charge in [-0.1, -0.05) is 20.8 Å². The van der Waals surface area contributed by atoms with E-state index in [-0.39, 0.29) is 12.2 Å². The summed E-state index contributed by atoms with van der Waals surface area (Å²) in [6.45, 7) is 8.88. The highest BCUT2D eigenvalue weighted by Crippen LogP contribution is 2.34. The van der Waals surface area contributed by atoms with E-state index >= 15 is 0 Å². The van der Waals surface area contributed by atoms with E-state index < -0.39 is 0 Å². The van der Waals surface area contributed by atoms with E-state index in [0.717, 1.165) is 6.42 Å². The SMILES string of the molecule is CCC1NC(C(C)C)C(=O)N1C1CCN2CCCC12. The highest BCUT2D eigenvalue weighted by Gasteiger charge is 2.48. The van der Waals surface area contributed by atoms with E-state index in [9.17, 15) is 4.79 Å². The van der Waals surface area contributed by atoms with Crippen LogP contribution in [0.3, 0.4) is 0 Å². The predicted octanol–water partition coefficient (Wildman–Crippen LogP) is 1.42. The van der Waals surface area contributed by atoms with Gasteiger partial charge in [0.15, 0.2) is 0 Å². The molecular formula is C15H27N3O. The normalized spacial score (nSPS) is 39.6. The number of hydrogen-bond donors (Lipinski definition) is 1. The number of nitrogens with one attached hydrogen (secondary N) is 1. The molecule has 1 N–H and O–H groups in total. The van der Waals surface area contributed by atoms with Crippen LogP contribution < -0.4 is 5.32 Å². The Morgan fingerprint density at radius 1 is 1.26 bits per heavy atom. The van der Waals surface area contributed by atoms with Crippen LogP contribution in [0.5, 0.6) is 0 Å². The fraction of sp³-hybridized carbons (Fsp3) is 0.933. The summed E-state index contributed by atoms with van der Waals surface area (Å²) in [6, 6.07) is 1.11. The molecule has 4 atom stereocenters. The zero-order valence-electron chi connectivity index (χ0n) is 12.4. The highest BCUT2D eigenvalue weighted by atomic mass is 16.2. The van der Waals surface area contributed by atoms with Crippen LogP contribution in [-0.2, 0) is 4.79 Å². The van der Waals surface area contributed by atoms with Crippen molar-refractivity contribution in [2.24, 2.45) is 5.92 Å². The second-order valence-corrected chi connectivity index (χ2v) is 6.66. The molecular weight excluding hydrogens is 238 g/mol. The van der Waals surface area contributed by atoms with Crippen LogP contribution in [-0.4, -0.2) is 53.1 Å². The van der Waals surface area contributed by atoms with E-state index in [1.54, 1.807) is 0 Å². The summed E-state index contributed by atoms with van der Waals surface area (Å²) in [6.07, 6.45) is 5.01. The van der Waals surface area contributed by atoms with Gasteiger partial charge in [0.2, 0.25) is 5.91 Å². The molecule has 3 heterocycles. The Kier molecular flexibility index (Phi) is 3.56. The van der Waals surface area contributed by atoms with Crippen LogP contribution in [0.2, 0.25) is 0 Å². The van der Waals surface area contributed by atoms with Crippen molar-refractivity contribution in [3.05, 3.63) is 0 Å². The fourth-order valence-electron chi connectivity index (χ4n) is 4.24. The van der Waals surface area contributed by atoms with E-state index in [1.165, 1.54) is 32.4 Å². The van der Waals surface area contributed by atoms with Crippen LogP contribution in [0, 0.1) is 5.92 Å². The maximum absolute atomic E-state index is 12.7. The van der Waals surface area contributed by atoms with E-state index in [1.807, 2.05) is 0 Å². The second-order valence-electron chi connectivity index (χ2n) is 6.66. The first-order chi connectivity index (χ1) is 9.13. The smallest absolute Gasteiger partial charge is 0.241 e. The summed E-state index contributed by atoms with van der Waals surface area (Å²) >= 11 is 0. The number of rotatable bonds is 3. The van der Waals surface area contributed by atoms with Crippen molar-refractivity contribution in [2.45, 2.75) is 70.7 Å². The van der Waals surface area contributed by atoms with Gasteiger partial charge in [-0.25, -0.2) is 0 Å². The van der Waals surface area contributed by atoms with Crippen molar-refractivity contribution in [1.29, 1.82) is 0 Å². The van der Waals surface area contributed by atoms with Gasteiger partial charge >= 0.3 is 0 Å². The summed E-state index contributed by atoms with van der Waals surface area (Å²) in [5.41, 5.74) is 0. The standard InChI is InChI=1S/C15H27N3O/c1-4-13-16-14(10(2)3)15(19)18(13)12-7-9-17-8-5-6-11(12)17/h10-14,16H,4-9H2,1-3H3. The van der Waals surface area contributed by atoms with Gasteiger partial charge in [-0.3, -0.25) is 15.0 Å². The van der Waals surface area contributed by atoms with Crippen molar-refractivity contribution in [3.63, 3.8) is 0 Å². The van der Waals surface area contributed by atoms with Crippen molar-refractivity contribution in [3.8, 4) is 0 Å². The van der Waals surface area contributed by atoms with Gasteiger partial charge in [0.25, 0.3) is 0 Å². The van der Waals surface area contributed by atoms with Crippen molar-refractivity contribution in [1.82, 2.24) is 15.1 Å². The number of hydrogen-bond acceptors (Lipinski definition) is 3. The molecule has 108 valence electrons. The lowest BCUT2D eigenvalue weighted by atomic mass is 10.0. The zero-order valence-corrected chi connectivity index (χ0v) is 12.4. The summed E-state index contributed by atoms with van der Waals surface area (Å²) < 4.78 is 0. The van der Waals surface area contributed by atoms with Gasteiger partial charge in [-0.15, -0.1) is 0 Å². The third-order valence-corrected chi connectivity index (χ3v) is 5.21. The molecule has 3 rings (SSSR count). The zero-order chi connectivity index (χ0) is 13.6. The lowest BCUT2D eigenvalue weighted by Gasteiger charge is -2.33. The molecule has 3 aliphatic heterocycles. The summed E-state index contributed by atoms with van der Waals surface area (Å²) in [5.74, 6) is 0.730. The number of amides is 1. The fourth-order valence-corrected chi connectivity index (χ4v) is 4.24. The molecule has 0 spiro atoms. The van der Waals surface area contributed by atoms with Crippen molar-refractivity contribution in [2.75, 3.05) is 13.1 Å². The molecule has 4 nitrogen and oxygen atoms in total. The van der Waals surface area contributed by atoms with Crippen molar-refractivity contribution < 1.29 is 4.79 Å². The summed E-state index contributed by atoms with van der Waals surface area (Å²) in [7, 11) is 0. The van der Waals surface area contributed by atoms with Gasteiger partial charge in [0, 0.05) is 12.6 Å². The molecule has 0 aliphatic carbocycles. The van der Waals surface area contributed by atoms with Crippen molar-refractivity contribution >= 4 is 5.91 Å². The van der Waals surface area contributed by atoms with Crippen LogP contribution in [0.1, 0.15) is 46.5 Å². The first-order valence-corrected chi connectivity index (χ1v) is 7.95. The maximum atomic E-state index is 12.7. The lowest BCUT2D eigenvalue weighted by molar-refractivity contribution is -0.133. The third-order valence-electron chi connectivity index (χ3n) is 5.21. The Morgan fingerprint density at radius 2 is 2.05 bits per heavy atom. The molecule has 1 amide bonds. The Hall–Kier alpha value is -0.610. The number of carbonyl (C=O) groups is 1. The minimum Gasteiger partial charge on any atom is -0.321 e. The topological polar surface area (TPSA) is 35.6 Å². The molecule has 3 saturated heterocycles. The molecule has 0 bridgehead atoms. The Labute approximate surface area is 116 Å². The molecule has 0 saturated carbocycles. The minimum atomic E-state index is 0.0282. The number of fused-ring (bicyclic) bond motifs is 1. The molecule has 0 aromatic rings. The van der Waals surface area contributed by atoms with Crippen LogP contribution in [0.4, 0.5) is 0 Å². The lowest BCUT2D eigenvalue weighted by Crippen LogP contribution is -2.49. The van der Waals surface area contributed by atoms with Gasteiger partial charge in [0.1, 0.15) is 0 Å². The number of carbonyl (C=O) groups excluding carboxylic acids is 1. The quantitative estimate of drug-likeness (QED) is 0.838. The molecule has 4 unspecified atom stereocenters. The van der Waals surface area contributed by atoms with E-state index in [2.05, 4.69) is 35.9 Å². The van der Waals surface area contributed by atoms with E-state index in [4.69, 9.17) is 0 Å². The highest BCUT2D eigenvalue weighted by molar-refractivity contribution is 5.85. The average Bonchev–Trinajstić information content (AvgIpc) is 3.02. The monoisotopic (exact) mass is 265 g/mol. The molecule has 19 heavy (non-hydrogen) atoms. The average molecular weight is 265 g/mol. The Bertz CT molecular complexity index is 357. The molecule has 3 fully saturated rings. The van der Waals surface area contributed by atoms with Gasteiger partial charge in [-0.05, 0) is 38.1 Å². The largest absolute Gasteiger partial charge is 0.321 e. The first kappa shape index (κ1) is 13.4. The molecule has 3 aliphatic rings. The van der Waals surface area contributed by atoms with Gasteiger partial charge in [0.05, 0.1) is 18.2 Å². The molecule has 0 aromatic heterocycles.